The number of nitrogens with one attached hydrogen (secondary N) is 1. The first-order chi connectivity index (χ1) is 12.5. The Morgan fingerprint density at radius 3 is 2.12 bits per heavy atom. The van der Waals surface area contributed by atoms with Gasteiger partial charge in [-0.3, -0.25) is 25.7 Å². The molecule has 130 valence electrons. The largest absolute Gasteiger partial charge is 0.269 e. The van der Waals surface area contributed by atoms with Crippen LogP contribution in [-0.4, -0.2) is 21.0 Å². The van der Waals surface area contributed by atoms with Crippen LogP contribution in [0.25, 0.3) is 11.3 Å². The van der Waals surface area contributed by atoms with Gasteiger partial charge in [-0.2, -0.15) is 5.10 Å². The Morgan fingerprint density at radius 1 is 0.962 bits per heavy atom. The van der Waals surface area contributed by atoms with Crippen LogP contribution in [0.4, 0.5) is 16.5 Å². The number of nitro groups is 2. The minimum Gasteiger partial charge on any atom is -0.258 e. The lowest BCUT2D eigenvalue weighted by Crippen LogP contribution is -1.91. The van der Waals surface area contributed by atoms with E-state index >= 15 is 0 Å². The van der Waals surface area contributed by atoms with Gasteiger partial charge in [-0.25, -0.2) is 4.98 Å². The maximum Gasteiger partial charge on any atom is 0.269 e. The fourth-order valence-corrected chi connectivity index (χ4v) is 2.72. The molecule has 1 heterocycles. The Morgan fingerprint density at radius 2 is 1.54 bits per heavy atom. The summed E-state index contributed by atoms with van der Waals surface area (Å²) < 4.78 is 0. The molecule has 0 fully saturated rings. The normalized spacial score (nSPS) is 10.8. The molecule has 9 nitrogen and oxygen atoms in total. The average molecular weight is 369 g/mol. The van der Waals surface area contributed by atoms with E-state index in [1.807, 2.05) is 5.38 Å². The third-order valence-corrected chi connectivity index (χ3v) is 4.10. The fraction of sp³-hybridized carbons (Fsp3) is 0. The molecule has 0 aliphatic rings. The monoisotopic (exact) mass is 369 g/mol. The smallest absolute Gasteiger partial charge is 0.258 e. The first-order valence-electron chi connectivity index (χ1n) is 7.27. The second-order valence-corrected chi connectivity index (χ2v) is 5.92. The van der Waals surface area contributed by atoms with Crippen molar-refractivity contribution >= 4 is 34.1 Å². The van der Waals surface area contributed by atoms with Crippen LogP contribution in [0.1, 0.15) is 5.56 Å². The summed E-state index contributed by atoms with van der Waals surface area (Å²) in [5.41, 5.74) is 4.97. The van der Waals surface area contributed by atoms with Gasteiger partial charge in [0.1, 0.15) is 0 Å². The predicted molar refractivity (Wildman–Crippen MR) is 98.5 cm³/mol. The van der Waals surface area contributed by atoms with E-state index in [2.05, 4.69) is 15.5 Å². The lowest BCUT2D eigenvalue weighted by molar-refractivity contribution is -0.385. The van der Waals surface area contributed by atoms with Gasteiger partial charge in [-0.1, -0.05) is 0 Å². The van der Waals surface area contributed by atoms with Crippen LogP contribution in [0.3, 0.4) is 0 Å². The Bertz CT molecular complexity index is 967. The first-order valence-corrected chi connectivity index (χ1v) is 8.15. The molecule has 0 saturated heterocycles. The number of nitro benzene ring substituents is 2. The molecular weight excluding hydrogens is 358 g/mol. The van der Waals surface area contributed by atoms with Crippen LogP contribution in [-0.2, 0) is 0 Å². The molecular formula is C16H11N5O4S. The summed E-state index contributed by atoms with van der Waals surface area (Å²) in [6.07, 6.45) is 1.52. The van der Waals surface area contributed by atoms with Crippen LogP contribution in [0.2, 0.25) is 0 Å². The third kappa shape index (κ3) is 4.05. The van der Waals surface area contributed by atoms with E-state index in [1.165, 1.54) is 41.8 Å². The van der Waals surface area contributed by atoms with Crippen molar-refractivity contribution in [1.29, 1.82) is 0 Å². The summed E-state index contributed by atoms with van der Waals surface area (Å²) in [6, 6.07) is 12.1. The molecule has 1 N–H and O–H groups in total. The molecule has 1 aromatic heterocycles. The molecule has 2 aromatic carbocycles. The number of anilines is 1. The molecule has 0 aliphatic heterocycles. The van der Waals surface area contributed by atoms with Crippen LogP contribution in [0.15, 0.2) is 59.0 Å². The Labute approximate surface area is 150 Å². The van der Waals surface area contributed by atoms with E-state index < -0.39 is 9.85 Å². The molecule has 26 heavy (non-hydrogen) atoms. The SMILES string of the molecule is O=[N+]([O-])c1ccc(C=NNc2nc(-c3ccc([N+](=O)[O-])cc3)cs2)cc1. The highest BCUT2D eigenvalue weighted by atomic mass is 32.1. The summed E-state index contributed by atoms with van der Waals surface area (Å²) >= 11 is 1.34. The van der Waals surface area contributed by atoms with Gasteiger partial charge in [-0.15, -0.1) is 11.3 Å². The summed E-state index contributed by atoms with van der Waals surface area (Å²) in [5.74, 6) is 0. The van der Waals surface area contributed by atoms with Crippen LogP contribution in [0, 0.1) is 20.2 Å². The number of hydrogen-bond acceptors (Lipinski definition) is 8. The van der Waals surface area contributed by atoms with Gasteiger partial charge in [0.25, 0.3) is 11.4 Å². The van der Waals surface area contributed by atoms with E-state index in [9.17, 15) is 20.2 Å². The number of nitrogens with zero attached hydrogens (tertiary/aromatic N) is 4. The van der Waals surface area contributed by atoms with Gasteiger partial charge in [-0.05, 0) is 29.8 Å². The number of aromatic nitrogens is 1. The fourth-order valence-electron chi connectivity index (χ4n) is 2.06. The highest BCUT2D eigenvalue weighted by molar-refractivity contribution is 7.14. The van der Waals surface area contributed by atoms with Gasteiger partial charge < -0.3 is 0 Å². The Hall–Kier alpha value is -3.66. The standard InChI is InChI=1S/C16H11N5O4S/c22-20(23)13-5-1-11(2-6-13)9-17-19-16-18-15(10-26-16)12-3-7-14(8-4-12)21(24)25/h1-10H,(H,18,19). The molecule has 0 amide bonds. The lowest BCUT2D eigenvalue weighted by Gasteiger charge is -1.97. The van der Waals surface area contributed by atoms with Crippen molar-refractivity contribution in [3.63, 3.8) is 0 Å². The van der Waals surface area contributed by atoms with Gasteiger partial charge in [0.2, 0.25) is 5.13 Å². The second-order valence-electron chi connectivity index (χ2n) is 5.06. The molecule has 0 aliphatic carbocycles. The van der Waals surface area contributed by atoms with E-state index in [0.717, 1.165) is 5.56 Å². The molecule has 10 heteroatoms. The van der Waals surface area contributed by atoms with E-state index in [4.69, 9.17) is 0 Å². The quantitative estimate of drug-likeness (QED) is 0.397. The number of rotatable bonds is 6. The second kappa shape index (κ2) is 7.49. The Balaban J connectivity index is 1.64. The van der Waals surface area contributed by atoms with Gasteiger partial charge >= 0.3 is 0 Å². The molecule has 0 unspecified atom stereocenters. The molecule has 0 radical (unpaired) electrons. The van der Waals surface area contributed by atoms with Crippen molar-refractivity contribution < 1.29 is 9.85 Å². The van der Waals surface area contributed by atoms with Crippen molar-refractivity contribution in [3.8, 4) is 11.3 Å². The third-order valence-electron chi connectivity index (χ3n) is 3.36. The zero-order valence-electron chi connectivity index (χ0n) is 13.1. The van der Waals surface area contributed by atoms with E-state index in [-0.39, 0.29) is 11.4 Å². The maximum absolute atomic E-state index is 10.7. The number of hydrazone groups is 1. The minimum absolute atomic E-state index is 0.0165. The zero-order chi connectivity index (χ0) is 18.5. The molecule has 3 aromatic rings. The van der Waals surface area contributed by atoms with Crippen molar-refractivity contribution in [2.45, 2.75) is 0 Å². The van der Waals surface area contributed by atoms with Crippen molar-refractivity contribution in [3.05, 3.63) is 79.7 Å². The first kappa shape index (κ1) is 17.2. The number of hydrogen-bond donors (Lipinski definition) is 1. The highest BCUT2D eigenvalue weighted by Crippen LogP contribution is 2.26. The summed E-state index contributed by atoms with van der Waals surface area (Å²) in [7, 11) is 0. The van der Waals surface area contributed by atoms with Crippen LogP contribution >= 0.6 is 11.3 Å². The topological polar surface area (TPSA) is 124 Å². The van der Waals surface area contributed by atoms with E-state index in [1.54, 1.807) is 24.3 Å². The summed E-state index contributed by atoms with van der Waals surface area (Å²) in [4.78, 5) is 24.7. The molecule has 0 bridgehead atoms. The predicted octanol–water partition coefficient (Wildman–Crippen LogP) is 4.07. The van der Waals surface area contributed by atoms with Gasteiger partial charge in [0, 0.05) is 35.2 Å². The molecule has 0 atom stereocenters. The minimum atomic E-state index is -0.464. The van der Waals surface area contributed by atoms with Crippen LogP contribution in [0.5, 0.6) is 0 Å². The molecule has 0 spiro atoms. The lowest BCUT2D eigenvalue weighted by atomic mass is 10.1. The zero-order valence-corrected chi connectivity index (χ0v) is 13.9. The molecule has 0 saturated carbocycles. The highest BCUT2D eigenvalue weighted by Gasteiger charge is 2.08. The van der Waals surface area contributed by atoms with Gasteiger partial charge in [0.15, 0.2) is 0 Å². The summed E-state index contributed by atoms with van der Waals surface area (Å²) in [6.45, 7) is 0. The molecule has 3 rings (SSSR count). The van der Waals surface area contributed by atoms with Crippen LogP contribution < -0.4 is 5.43 Å². The summed E-state index contributed by atoms with van der Waals surface area (Å²) in [5, 5.41) is 27.7. The maximum atomic E-state index is 10.7. The van der Waals surface area contributed by atoms with Crippen molar-refractivity contribution in [2.24, 2.45) is 5.10 Å². The number of non-ortho nitro benzene ring substituents is 2. The van der Waals surface area contributed by atoms with Gasteiger partial charge in [0.05, 0.1) is 21.8 Å². The van der Waals surface area contributed by atoms with E-state index in [0.29, 0.717) is 16.4 Å². The average Bonchev–Trinajstić information content (AvgIpc) is 3.11. The van der Waals surface area contributed by atoms with Crippen molar-refractivity contribution in [1.82, 2.24) is 4.98 Å². The van der Waals surface area contributed by atoms with Crippen molar-refractivity contribution in [2.75, 3.05) is 5.43 Å². The number of thiazole rings is 1. The Kier molecular flexibility index (Phi) is 4.94. The number of benzene rings is 2.